The van der Waals surface area contributed by atoms with Crippen molar-refractivity contribution >= 4 is 33.4 Å². The van der Waals surface area contributed by atoms with Crippen LogP contribution in [0.15, 0.2) is 72.1 Å². The molecule has 9 heteroatoms. The SMILES string of the molecule is O=C(CCCSSc1ccccn1)NC1CCC(NC(=O)c2ccc(-c3ccccn3)nc2)CC1. The van der Waals surface area contributed by atoms with Gasteiger partial charge in [-0.2, -0.15) is 0 Å². The molecule has 2 N–H and O–H groups in total. The molecule has 0 saturated heterocycles. The minimum Gasteiger partial charge on any atom is -0.353 e. The molecule has 3 aromatic heterocycles. The van der Waals surface area contributed by atoms with Crippen molar-refractivity contribution in [1.82, 2.24) is 25.6 Å². The zero-order valence-electron chi connectivity index (χ0n) is 19.4. The molecule has 0 bridgehead atoms. The van der Waals surface area contributed by atoms with Gasteiger partial charge in [-0.15, -0.1) is 0 Å². The molecule has 1 fully saturated rings. The first kappa shape index (κ1) is 25.2. The number of carbonyl (C=O) groups excluding carboxylic acids is 2. The minimum atomic E-state index is -0.112. The van der Waals surface area contributed by atoms with Crippen molar-refractivity contribution in [3.05, 3.63) is 72.7 Å². The van der Waals surface area contributed by atoms with Gasteiger partial charge >= 0.3 is 0 Å². The van der Waals surface area contributed by atoms with Crippen LogP contribution in [-0.2, 0) is 4.79 Å². The van der Waals surface area contributed by atoms with Gasteiger partial charge in [0.1, 0.15) is 5.03 Å². The van der Waals surface area contributed by atoms with Gasteiger partial charge < -0.3 is 10.6 Å². The summed E-state index contributed by atoms with van der Waals surface area (Å²) in [5.74, 6) is 0.907. The summed E-state index contributed by atoms with van der Waals surface area (Å²) in [5, 5.41) is 7.26. The smallest absolute Gasteiger partial charge is 0.253 e. The van der Waals surface area contributed by atoms with Gasteiger partial charge in [-0.25, -0.2) is 4.98 Å². The third kappa shape index (κ3) is 8.07. The molecule has 1 aliphatic carbocycles. The summed E-state index contributed by atoms with van der Waals surface area (Å²) >= 11 is 0. The molecule has 0 atom stereocenters. The van der Waals surface area contributed by atoms with Crippen LogP contribution in [0.4, 0.5) is 0 Å². The van der Waals surface area contributed by atoms with Crippen LogP contribution in [0.2, 0.25) is 0 Å². The highest BCUT2D eigenvalue weighted by atomic mass is 33.1. The molecule has 182 valence electrons. The lowest BCUT2D eigenvalue weighted by atomic mass is 9.91. The Morgan fingerprint density at radius 2 is 1.54 bits per heavy atom. The Kier molecular flexibility index (Phi) is 9.54. The Balaban J connectivity index is 1.11. The van der Waals surface area contributed by atoms with E-state index in [0.29, 0.717) is 12.0 Å². The lowest BCUT2D eigenvalue weighted by molar-refractivity contribution is -0.122. The van der Waals surface area contributed by atoms with Crippen molar-refractivity contribution in [2.75, 3.05) is 5.75 Å². The van der Waals surface area contributed by atoms with Crippen LogP contribution in [-0.4, -0.2) is 44.6 Å². The van der Waals surface area contributed by atoms with Crippen LogP contribution in [0.1, 0.15) is 48.9 Å². The molecular formula is C26H29N5O2S2. The number of nitrogens with one attached hydrogen (secondary N) is 2. The van der Waals surface area contributed by atoms with E-state index in [1.54, 1.807) is 46.2 Å². The van der Waals surface area contributed by atoms with E-state index in [9.17, 15) is 9.59 Å². The molecule has 4 rings (SSSR count). The van der Waals surface area contributed by atoms with Crippen LogP contribution in [0.3, 0.4) is 0 Å². The highest BCUT2D eigenvalue weighted by Gasteiger charge is 2.24. The van der Waals surface area contributed by atoms with Crippen molar-refractivity contribution in [3.63, 3.8) is 0 Å². The number of hydrogen-bond acceptors (Lipinski definition) is 7. The molecule has 3 aromatic rings. The molecule has 0 spiro atoms. The first-order valence-electron chi connectivity index (χ1n) is 11.9. The average molecular weight is 508 g/mol. The Hall–Kier alpha value is -2.91. The molecule has 3 heterocycles. The summed E-state index contributed by atoms with van der Waals surface area (Å²) in [5.41, 5.74) is 2.06. The zero-order valence-corrected chi connectivity index (χ0v) is 21.1. The van der Waals surface area contributed by atoms with E-state index in [1.165, 1.54) is 0 Å². The van der Waals surface area contributed by atoms with Crippen LogP contribution < -0.4 is 10.6 Å². The number of hydrogen-bond donors (Lipinski definition) is 2. The maximum Gasteiger partial charge on any atom is 0.253 e. The molecule has 1 aliphatic rings. The fourth-order valence-corrected chi connectivity index (χ4v) is 5.90. The molecule has 0 radical (unpaired) electrons. The predicted octanol–water partition coefficient (Wildman–Crippen LogP) is 4.92. The van der Waals surface area contributed by atoms with Crippen LogP contribution >= 0.6 is 21.6 Å². The van der Waals surface area contributed by atoms with Crippen LogP contribution in [0, 0.1) is 0 Å². The van der Waals surface area contributed by atoms with Crippen molar-refractivity contribution in [2.45, 2.75) is 55.6 Å². The Bertz CT molecular complexity index is 1080. The Morgan fingerprint density at radius 1 is 0.829 bits per heavy atom. The second-order valence-corrected chi connectivity index (χ2v) is 10.8. The van der Waals surface area contributed by atoms with E-state index in [2.05, 4.69) is 25.6 Å². The second-order valence-electron chi connectivity index (χ2n) is 8.41. The van der Waals surface area contributed by atoms with Crippen LogP contribution in [0.5, 0.6) is 0 Å². The van der Waals surface area contributed by atoms with Gasteiger partial charge in [0.05, 0.1) is 17.0 Å². The fraction of sp³-hybridized carbons (Fsp3) is 0.346. The van der Waals surface area contributed by atoms with Gasteiger partial charge in [0.2, 0.25) is 5.91 Å². The van der Waals surface area contributed by atoms with E-state index in [-0.39, 0.29) is 23.9 Å². The molecule has 0 aliphatic heterocycles. The number of aromatic nitrogens is 3. The maximum atomic E-state index is 12.6. The third-order valence-electron chi connectivity index (χ3n) is 5.79. The van der Waals surface area contributed by atoms with E-state index >= 15 is 0 Å². The summed E-state index contributed by atoms with van der Waals surface area (Å²) in [6.07, 6.45) is 9.94. The number of amides is 2. The first-order valence-corrected chi connectivity index (χ1v) is 14.2. The maximum absolute atomic E-state index is 12.6. The topological polar surface area (TPSA) is 96.9 Å². The summed E-state index contributed by atoms with van der Waals surface area (Å²) in [6.45, 7) is 0. The molecule has 1 saturated carbocycles. The number of rotatable bonds is 10. The minimum absolute atomic E-state index is 0.111. The second kappa shape index (κ2) is 13.3. The predicted molar refractivity (Wildman–Crippen MR) is 141 cm³/mol. The first-order chi connectivity index (χ1) is 17.2. The van der Waals surface area contributed by atoms with E-state index < -0.39 is 0 Å². The van der Waals surface area contributed by atoms with E-state index in [1.807, 2.05) is 42.5 Å². The molecular weight excluding hydrogens is 478 g/mol. The lowest BCUT2D eigenvalue weighted by Crippen LogP contribution is -2.43. The van der Waals surface area contributed by atoms with Gasteiger partial charge in [0.25, 0.3) is 5.91 Å². The van der Waals surface area contributed by atoms with E-state index in [4.69, 9.17) is 0 Å². The van der Waals surface area contributed by atoms with Crippen molar-refractivity contribution in [3.8, 4) is 11.4 Å². The summed E-state index contributed by atoms with van der Waals surface area (Å²) < 4.78 is 0. The average Bonchev–Trinajstić information content (AvgIpc) is 2.91. The molecule has 2 amide bonds. The van der Waals surface area contributed by atoms with Crippen molar-refractivity contribution in [2.24, 2.45) is 0 Å². The van der Waals surface area contributed by atoms with Gasteiger partial charge in [-0.1, -0.05) is 22.9 Å². The quantitative estimate of drug-likeness (QED) is 0.297. The lowest BCUT2D eigenvalue weighted by Gasteiger charge is -2.29. The summed E-state index contributed by atoms with van der Waals surface area (Å²) in [6, 6.07) is 15.4. The molecule has 0 aromatic carbocycles. The molecule has 0 unspecified atom stereocenters. The standard InChI is InChI=1S/C26H29N5O2S2/c32-24(7-5-17-34-35-25-8-2-4-16-28-25)30-20-10-12-21(13-11-20)31-26(33)19-9-14-23(29-18-19)22-6-1-3-15-27-22/h1-4,6,8-9,14-16,18,20-21H,5,7,10-13,17H2,(H,30,32)(H,31,33). The largest absolute Gasteiger partial charge is 0.353 e. The highest BCUT2D eigenvalue weighted by molar-refractivity contribution is 8.76. The van der Waals surface area contributed by atoms with Gasteiger partial charge in [-0.05, 0) is 79.3 Å². The van der Waals surface area contributed by atoms with Crippen LogP contribution in [0.25, 0.3) is 11.4 Å². The number of carbonyl (C=O) groups is 2. The monoisotopic (exact) mass is 507 g/mol. The third-order valence-corrected chi connectivity index (χ3v) is 8.15. The van der Waals surface area contributed by atoms with Crippen molar-refractivity contribution < 1.29 is 9.59 Å². The normalized spacial score (nSPS) is 17.5. The van der Waals surface area contributed by atoms with E-state index in [0.717, 1.165) is 54.3 Å². The van der Waals surface area contributed by atoms with Gasteiger partial charge in [0.15, 0.2) is 0 Å². The summed E-state index contributed by atoms with van der Waals surface area (Å²) in [4.78, 5) is 37.9. The zero-order chi connectivity index (χ0) is 24.3. The molecule has 35 heavy (non-hydrogen) atoms. The Labute approximate surface area is 213 Å². The fourth-order valence-electron chi connectivity index (χ4n) is 3.93. The number of nitrogens with zero attached hydrogens (tertiary/aromatic N) is 3. The highest BCUT2D eigenvalue weighted by Crippen LogP contribution is 2.29. The van der Waals surface area contributed by atoms with Gasteiger partial charge in [-0.3, -0.25) is 19.6 Å². The molecule has 7 nitrogen and oxygen atoms in total. The Morgan fingerprint density at radius 3 is 2.20 bits per heavy atom. The summed E-state index contributed by atoms with van der Waals surface area (Å²) in [7, 11) is 3.37. The number of pyridine rings is 3. The van der Waals surface area contributed by atoms with Gasteiger partial charge in [0, 0.05) is 42.8 Å². The van der Waals surface area contributed by atoms with Crippen molar-refractivity contribution in [1.29, 1.82) is 0 Å².